The molecule has 1 fully saturated rings. The number of benzene rings is 2. The third-order valence-corrected chi connectivity index (χ3v) is 5.70. The number of piperazine rings is 1. The van der Waals surface area contributed by atoms with Gasteiger partial charge in [-0.15, -0.1) is 5.10 Å². The molecule has 5 rings (SSSR count). The van der Waals surface area contributed by atoms with Gasteiger partial charge in [0.25, 0.3) is 11.8 Å². The minimum absolute atomic E-state index is 0.132. The fourth-order valence-electron chi connectivity index (χ4n) is 4.09. The van der Waals surface area contributed by atoms with E-state index in [4.69, 9.17) is 0 Å². The molecule has 1 aromatic heterocycles. The first-order valence-electron chi connectivity index (χ1n) is 10.1. The Morgan fingerprint density at radius 3 is 2.30 bits per heavy atom. The number of nitrogens with one attached hydrogen (secondary N) is 1. The molecule has 1 atom stereocenters. The Balaban J connectivity index is 1.30. The number of rotatable bonds is 3. The molecule has 1 N–H and O–H groups in total. The second-order valence-corrected chi connectivity index (χ2v) is 7.52. The molecule has 0 bridgehead atoms. The zero-order chi connectivity index (χ0) is 20.5. The SMILES string of the molecule is O=C1NC(c2ccccc2)Cn2nnc(C(=O)N3CCN(c4ccccc4)CC3)c21. The van der Waals surface area contributed by atoms with Crippen LogP contribution in [0.3, 0.4) is 0 Å². The summed E-state index contributed by atoms with van der Waals surface area (Å²) in [6.45, 7) is 3.08. The van der Waals surface area contributed by atoms with Crippen molar-refractivity contribution in [1.29, 1.82) is 0 Å². The van der Waals surface area contributed by atoms with Gasteiger partial charge >= 0.3 is 0 Å². The van der Waals surface area contributed by atoms with Gasteiger partial charge in [-0.05, 0) is 17.7 Å². The van der Waals surface area contributed by atoms with Gasteiger partial charge in [0.2, 0.25) is 0 Å². The van der Waals surface area contributed by atoms with Crippen LogP contribution in [0.2, 0.25) is 0 Å². The number of fused-ring (bicyclic) bond motifs is 1. The van der Waals surface area contributed by atoms with Crippen LogP contribution < -0.4 is 10.2 Å². The van der Waals surface area contributed by atoms with E-state index < -0.39 is 0 Å². The standard InChI is InChI=1S/C22H22N6O2/c29-21-20-19(24-25-28(20)15-18(23-21)16-7-3-1-4-8-16)22(30)27-13-11-26(12-14-27)17-9-5-2-6-10-17/h1-10,18H,11-15H2,(H,23,29). The fraction of sp³-hybridized carbons (Fsp3) is 0.273. The van der Waals surface area contributed by atoms with Gasteiger partial charge in [0.15, 0.2) is 11.4 Å². The fourth-order valence-corrected chi connectivity index (χ4v) is 4.09. The highest BCUT2D eigenvalue weighted by Crippen LogP contribution is 2.23. The number of para-hydroxylation sites is 1. The van der Waals surface area contributed by atoms with E-state index in [9.17, 15) is 9.59 Å². The maximum atomic E-state index is 13.1. The third kappa shape index (κ3) is 3.30. The summed E-state index contributed by atoms with van der Waals surface area (Å²) in [5.41, 5.74) is 2.53. The van der Waals surface area contributed by atoms with Crippen LogP contribution in [-0.4, -0.2) is 57.9 Å². The number of carbonyl (C=O) groups excluding carboxylic acids is 2. The maximum Gasteiger partial charge on any atom is 0.277 e. The molecule has 0 radical (unpaired) electrons. The van der Waals surface area contributed by atoms with Gasteiger partial charge in [-0.3, -0.25) is 9.59 Å². The highest BCUT2D eigenvalue weighted by atomic mass is 16.2. The van der Waals surface area contributed by atoms with E-state index in [1.165, 1.54) is 0 Å². The summed E-state index contributed by atoms with van der Waals surface area (Å²) in [4.78, 5) is 29.9. The third-order valence-electron chi connectivity index (χ3n) is 5.70. The van der Waals surface area contributed by atoms with E-state index in [-0.39, 0.29) is 29.2 Å². The summed E-state index contributed by atoms with van der Waals surface area (Å²) in [7, 11) is 0. The topological polar surface area (TPSA) is 83.4 Å². The molecule has 0 saturated carbocycles. The molecule has 8 heteroatoms. The van der Waals surface area contributed by atoms with Gasteiger partial charge in [-0.2, -0.15) is 0 Å². The van der Waals surface area contributed by atoms with E-state index >= 15 is 0 Å². The molecule has 2 amide bonds. The predicted octanol–water partition coefficient (Wildman–Crippen LogP) is 1.73. The molecule has 0 spiro atoms. The van der Waals surface area contributed by atoms with Crippen LogP contribution in [0.15, 0.2) is 60.7 Å². The van der Waals surface area contributed by atoms with Crippen LogP contribution in [0.25, 0.3) is 0 Å². The monoisotopic (exact) mass is 402 g/mol. The molecule has 2 aliphatic rings. The van der Waals surface area contributed by atoms with Crippen LogP contribution in [0.1, 0.15) is 32.6 Å². The van der Waals surface area contributed by atoms with E-state index in [1.807, 2.05) is 48.5 Å². The zero-order valence-corrected chi connectivity index (χ0v) is 16.4. The molecular formula is C22H22N6O2. The summed E-state index contributed by atoms with van der Waals surface area (Å²) in [6, 6.07) is 19.7. The quantitative estimate of drug-likeness (QED) is 0.721. The summed E-state index contributed by atoms with van der Waals surface area (Å²) in [5, 5.41) is 11.2. The van der Waals surface area contributed by atoms with Crippen molar-refractivity contribution in [2.24, 2.45) is 0 Å². The van der Waals surface area contributed by atoms with Crippen molar-refractivity contribution in [3.8, 4) is 0 Å². The Bertz CT molecular complexity index is 1060. The first kappa shape index (κ1) is 18.4. The molecule has 3 heterocycles. The second-order valence-electron chi connectivity index (χ2n) is 7.52. The number of aromatic nitrogens is 3. The van der Waals surface area contributed by atoms with Gasteiger partial charge in [0.1, 0.15) is 0 Å². The van der Waals surface area contributed by atoms with Crippen molar-refractivity contribution >= 4 is 17.5 Å². The smallest absolute Gasteiger partial charge is 0.277 e. The highest BCUT2D eigenvalue weighted by Gasteiger charge is 2.35. The Labute approximate surface area is 174 Å². The Kier molecular flexibility index (Phi) is 4.66. The van der Waals surface area contributed by atoms with Crippen molar-refractivity contribution < 1.29 is 9.59 Å². The van der Waals surface area contributed by atoms with Crippen molar-refractivity contribution in [2.75, 3.05) is 31.1 Å². The molecule has 1 saturated heterocycles. The lowest BCUT2D eigenvalue weighted by atomic mass is 10.0. The normalized spacial score (nSPS) is 18.7. The van der Waals surface area contributed by atoms with E-state index in [0.717, 1.165) is 24.3 Å². The lowest BCUT2D eigenvalue weighted by Gasteiger charge is -2.36. The lowest BCUT2D eigenvalue weighted by Crippen LogP contribution is -2.49. The van der Waals surface area contributed by atoms with Crippen LogP contribution in [0.4, 0.5) is 5.69 Å². The molecular weight excluding hydrogens is 380 g/mol. The lowest BCUT2D eigenvalue weighted by molar-refractivity contribution is 0.0731. The number of hydrogen-bond donors (Lipinski definition) is 1. The largest absolute Gasteiger partial charge is 0.368 e. The zero-order valence-electron chi connectivity index (χ0n) is 16.4. The highest BCUT2D eigenvalue weighted by molar-refractivity contribution is 6.05. The average molecular weight is 402 g/mol. The Morgan fingerprint density at radius 2 is 1.60 bits per heavy atom. The molecule has 152 valence electrons. The van der Waals surface area contributed by atoms with Gasteiger partial charge < -0.3 is 15.1 Å². The number of amides is 2. The summed E-state index contributed by atoms with van der Waals surface area (Å²) in [5.74, 6) is -0.552. The number of hydrogen-bond acceptors (Lipinski definition) is 5. The predicted molar refractivity (Wildman–Crippen MR) is 111 cm³/mol. The van der Waals surface area contributed by atoms with Gasteiger partial charge in [0.05, 0.1) is 12.6 Å². The van der Waals surface area contributed by atoms with Crippen molar-refractivity contribution in [2.45, 2.75) is 12.6 Å². The van der Waals surface area contributed by atoms with Crippen LogP contribution in [0, 0.1) is 0 Å². The van der Waals surface area contributed by atoms with Crippen LogP contribution >= 0.6 is 0 Å². The molecule has 8 nitrogen and oxygen atoms in total. The van der Waals surface area contributed by atoms with Gasteiger partial charge in [0, 0.05) is 31.9 Å². The number of nitrogens with zero attached hydrogens (tertiary/aromatic N) is 5. The van der Waals surface area contributed by atoms with Gasteiger partial charge in [-0.25, -0.2) is 4.68 Å². The summed E-state index contributed by atoms with van der Waals surface area (Å²) < 4.78 is 1.55. The average Bonchev–Trinajstić information content (AvgIpc) is 3.25. The maximum absolute atomic E-state index is 13.1. The first-order chi connectivity index (χ1) is 14.7. The second kappa shape index (κ2) is 7.62. The molecule has 2 aromatic carbocycles. The molecule has 0 aliphatic carbocycles. The molecule has 2 aliphatic heterocycles. The van der Waals surface area contributed by atoms with Crippen LogP contribution in [0.5, 0.6) is 0 Å². The number of carbonyl (C=O) groups is 2. The molecule has 30 heavy (non-hydrogen) atoms. The minimum Gasteiger partial charge on any atom is -0.368 e. The minimum atomic E-state index is -0.314. The van der Waals surface area contributed by atoms with Crippen molar-refractivity contribution in [3.63, 3.8) is 0 Å². The molecule has 3 aromatic rings. The van der Waals surface area contributed by atoms with Crippen LogP contribution in [-0.2, 0) is 6.54 Å². The Hall–Kier alpha value is -3.68. The van der Waals surface area contributed by atoms with Crippen molar-refractivity contribution in [3.05, 3.63) is 77.6 Å². The molecule has 1 unspecified atom stereocenters. The summed E-state index contributed by atoms with van der Waals surface area (Å²) in [6.07, 6.45) is 0. The van der Waals surface area contributed by atoms with Crippen molar-refractivity contribution in [1.82, 2.24) is 25.2 Å². The first-order valence-corrected chi connectivity index (χ1v) is 10.1. The summed E-state index contributed by atoms with van der Waals surface area (Å²) >= 11 is 0. The van der Waals surface area contributed by atoms with Gasteiger partial charge in [-0.1, -0.05) is 53.7 Å². The van der Waals surface area contributed by atoms with E-state index in [1.54, 1.807) is 9.58 Å². The Morgan fingerprint density at radius 1 is 0.933 bits per heavy atom. The van der Waals surface area contributed by atoms with E-state index in [0.29, 0.717) is 19.6 Å². The number of anilines is 1. The van der Waals surface area contributed by atoms with E-state index in [2.05, 4.69) is 32.7 Å².